The number of aliphatic hydroxyl groups is 1. The first kappa shape index (κ1) is 17.2. The Labute approximate surface area is 162 Å². The van der Waals surface area contributed by atoms with Gasteiger partial charge in [-0.25, -0.2) is 14.8 Å². The van der Waals surface area contributed by atoms with Gasteiger partial charge in [0.1, 0.15) is 5.82 Å². The lowest BCUT2D eigenvalue weighted by Crippen LogP contribution is -2.36. The maximum absolute atomic E-state index is 11.2. The number of anilines is 1. The zero-order valence-electron chi connectivity index (χ0n) is 15.3. The molecule has 5 rings (SSSR count). The molecule has 28 heavy (non-hydrogen) atoms. The van der Waals surface area contributed by atoms with Gasteiger partial charge in [-0.2, -0.15) is 0 Å². The zero-order chi connectivity index (χ0) is 19.3. The summed E-state index contributed by atoms with van der Waals surface area (Å²) in [6, 6.07) is 13.1. The summed E-state index contributed by atoms with van der Waals surface area (Å²) in [4.78, 5) is 22.1. The van der Waals surface area contributed by atoms with Gasteiger partial charge in [-0.15, -0.1) is 0 Å². The van der Waals surface area contributed by atoms with Crippen LogP contribution in [0, 0.1) is 11.8 Å². The second kappa shape index (κ2) is 6.60. The Balaban J connectivity index is 1.39. The third-order valence-electron chi connectivity index (χ3n) is 6.23. The molecule has 1 aliphatic heterocycles. The third-order valence-corrected chi connectivity index (χ3v) is 6.23. The molecule has 7 nitrogen and oxygen atoms in total. The van der Waals surface area contributed by atoms with E-state index in [1.807, 2.05) is 36.7 Å². The lowest BCUT2D eigenvalue weighted by atomic mass is 9.77. The van der Waals surface area contributed by atoms with Crippen molar-refractivity contribution in [1.82, 2.24) is 14.5 Å². The van der Waals surface area contributed by atoms with Crippen LogP contribution in [-0.2, 0) is 0 Å². The van der Waals surface area contributed by atoms with Crippen molar-refractivity contribution in [2.75, 3.05) is 18.0 Å². The first-order valence-electron chi connectivity index (χ1n) is 9.65. The zero-order valence-corrected chi connectivity index (χ0v) is 15.3. The molecule has 0 bridgehead atoms. The first-order chi connectivity index (χ1) is 13.6. The number of carbonyl (C=O) groups is 1. The summed E-state index contributed by atoms with van der Waals surface area (Å²) in [6.07, 6.45) is 3.03. The summed E-state index contributed by atoms with van der Waals surface area (Å²) in [7, 11) is 0. The van der Waals surface area contributed by atoms with Gasteiger partial charge in [0.05, 0.1) is 29.5 Å². The molecule has 4 atom stereocenters. The predicted molar refractivity (Wildman–Crippen MR) is 104 cm³/mol. The van der Waals surface area contributed by atoms with E-state index in [1.165, 1.54) is 6.07 Å². The van der Waals surface area contributed by atoms with Crippen LogP contribution in [0.5, 0.6) is 0 Å². The second-order valence-corrected chi connectivity index (χ2v) is 7.86. The molecule has 2 fully saturated rings. The molecular weight excluding hydrogens is 356 g/mol. The lowest BCUT2D eigenvalue weighted by Gasteiger charge is -2.36. The van der Waals surface area contributed by atoms with E-state index in [2.05, 4.69) is 19.4 Å². The number of para-hydroxylation sites is 2. The maximum Gasteiger partial charge on any atom is 0.354 e. The van der Waals surface area contributed by atoms with Gasteiger partial charge < -0.3 is 19.7 Å². The van der Waals surface area contributed by atoms with Gasteiger partial charge in [0.2, 0.25) is 0 Å². The van der Waals surface area contributed by atoms with Gasteiger partial charge in [0.25, 0.3) is 0 Å². The summed E-state index contributed by atoms with van der Waals surface area (Å²) in [5.41, 5.74) is 2.06. The monoisotopic (exact) mass is 378 g/mol. The molecule has 1 saturated carbocycles. The number of carboxylic acids is 1. The Morgan fingerprint density at radius 2 is 1.82 bits per heavy atom. The molecule has 3 aromatic rings. The fourth-order valence-corrected chi connectivity index (χ4v) is 4.85. The average molecular weight is 378 g/mol. The number of rotatable bonds is 3. The molecule has 1 saturated heterocycles. The van der Waals surface area contributed by atoms with E-state index in [1.54, 1.807) is 6.07 Å². The summed E-state index contributed by atoms with van der Waals surface area (Å²) >= 11 is 0. The molecule has 2 aromatic heterocycles. The number of hydrogen-bond acceptors (Lipinski definition) is 5. The Hall–Kier alpha value is -2.93. The van der Waals surface area contributed by atoms with Crippen LogP contribution >= 0.6 is 0 Å². The predicted octanol–water partition coefficient (Wildman–Crippen LogP) is 2.58. The summed E-state index contributed by atoms with van der Waals surface area (Å²) in [5, 5.41) is 20.1. The van der Waals surface area contributed by atoms with Gasteiger partial charge in [-0.05, 0) is 48.9 Å². The molecule has 0 amide bonds. The second-order valence-electron chi connectivity index (χ2n) is 7.86. The van der Waals surface area contributed by atoms with Gasteiger partial charge in [-0.1, -0.05) is 18.2 Å². The topological polar surface area (TPSA) is 91.5 Å². The van der Waals surface area contributed by atoms with Crippen LogP contribution in [0.3, 0.4) is 0 Å². The summed E-state index contributed by atoms with van der Waals surface area (Å²) in [6.45, 7) is 1.63. The molecule has 1 aromatic carbocycles. The number of imidazole rings is 1. The molecular formula is C21H22N4O3. The minimum absolute atomic E-state index is 0.00640. The highest BCUT2D eigenvalue weighted by molar-refractivity contribution is 5.85. The fraction of sp³-hybridized carbons (Fsp3) is 0.381. The number of aromatic nitrogens is 3. The van der Waals surface area contributed by atoms with E-state index in [0.29, 0.717) is 17.7 Å². The number of hydrogen-bond donors (Lipinski definition) is 2. The largest absolute Gasteiger partial charge is 0.477 e. The number of fused-ring (bicyclic) bond motifs is 2. The van der Waals surface area contributed by atoms with Crippen LogP contribution in [0.4, 0.5) is 5.82 Å². The van der Waals surface area contributed by atoms with Crippen LogP contribution in [0.1, 0.15) is 29.4 Å². The van der Waals surface area contributed by atoms with Crippen LogP contribution in [0.2, 0.25) is 0 Å². The summed E-state index contributed by atoms with van der Waals surface area (Å²) < 4.78 is 2.11. The van der Waals surface area contributed by atoms with Gasteiger partial charge in [-0.3, -0.25) is 0 Å². The number of aromatic carboxylic acids is 1. The molecule has 7 heteroatoms. The van der Waals surface area contributed by atoms with Crippen molar-refractivity contribution >= 4 is 22.8 Å². The summed E-state index contributed by atoms with van der Waals surface area (Å²) in [5.74, 6) is 0.510. The Bertz CT molecular complexity index is 1030. The highest BCUT2D eigenvalue weighted by Crippen LogP contribution is 2.43. The van der Waals surface area contributed by atoms with Crippen LogP contribution in [-0.4, -0.2) is 49.9 Å². The van der Waals surface area contributed by atoms with E-state index in [4.69, 9.17) is 0 Å². The van der Waals surface area contributed by atoms with E-state index < -0.39 is 12.1 Å². The minimum atomic E-state index is -1.01. The Kier molecular flexibility index (Phi) is 4.05. The smallest absolute Gasteiger partial charge is 0.354 e. The molecule has 144 valence electrons. The minimum Gasteiger partial charge on any atom is -0.477 e. The van der Waals surface area contributed by atoms with Gasteiger partial charge in [0.15, 0.2) is 5.69 Å². The van der Waals surface area contributed by atoms with Crippen molar-refractivity contribution in [1.29, 1.82) is 0 Å². The van der Waals surface area contributed by atoms with Crippen molar-refractivity contribution < 1.29 is 15.0 Å². The van der Waals surface area contributed by atoms with Crippen LogP contribution in [0.25, 0.3) is 11.0 Å². The SMILES string of the molecule is O=C(O)c1cccc(N2C[C@H]3C[C@@H](n4cnc5ccccc54)[C@H](O)C[C@H]3C2)n1. The van der Waals surface area contributed by atoms with Crippen LogP contribution in [0.15, 0.2) is 48.8 Å². The average Bonchev–Trinajstić information content (AvgIpc) is 3.31. The number of carboxylic acid groups (broad SMARTS) is 1. The Morgan fingerprint density at radius 1 is 1.04 bits per heavy atom. The highest BCUT2D eigenvalue weighted by atomic mass is 16.4. The van der Waals surface area contributed by atoms with E-state index in [0.717, 1.165) is 37.0 Å². The van der Waals surface area contributed by atoms with Crippen molar-refractivity contribution in [3.05, 3.63) is 54.5 Å². The van der Waals surface area contributed by atoms with Crippen molar-refractivity contribution in [3.8, 4) is 0 Å². The molecule has 3 heterocycles. The Morgan fingerprint density at radius 3 is 2.64 bits per heavy atom. The number of benzene rings is 1. The molecule has 0 radical (unpaired) electrons. The van der Waals surface area contributed by atoms with Gasteiger partial charge in [0, 0.05) is 13.1 Å². The molecule has 2 aliphatic rings. The van der Waals surface area contributed by atoms with E-state index in [-0.39, 0.29) is 11.7 Å². The van der Waals surface area contributed by atoms with E-state index in [9.17, 15) is 15.0 Å². The maximum atomic E-state index is 11.2. The molecule has 0 unspecified atom stereocenters. The fourth-order valence-electron chi connectivity index (χ4n) is 4.85. The number of nitrogens with zero attached hydrogens (tertiary/aromatic N) is 4. The van der Waals surface area contributed by atoms with Crippen LogP contribution < -0.4 is 4.90 Å². The normalized spacial score (nSPS) is 27.1. The first-order valence-corrected chi connectivity index (χ1v) is 9.65. The number of aliphatic hydroxyl groups excluding tert-OH is 1. The quantitative estimate of drug-likeness (QED) is 0.728. The van der Waals surface area contributed by atoms with Gasteiger partial charge >= 0.3 is 5.97 Å². The highest BCUT2D eigenvalue weighted by Gasteiger charge is 2.43. The molecule has 0 spiro atoms. The standard InChI is InChI=1S/C21H22N4O3/c26-19-9-14-11-24(20-7-3-5-16(23-20)21(27)28)10-13(14)8-18(19)25-12-22-15-4-1-2-6-17(15)25/h1-7,12-14,18-19,26H,8-11H2,(H,27,28)/t13-,14+,18-,19-/m1/s1. The van der Waals surface area contributed by atoms with E-state index >= 15 is 0 Å². The lowest BCUT2D eigenvalue weighted by molar-refractivity contribution is 0.0375. The van der Waals surface area contributed by atoms with Crippen molar-refractivity contribution in [3.63, 3.8) is 0 Å². The van der Waals surface area contributed by atoms with Crippen molar-refractivity contribution in [2.24, 2.45) is 11.8 Å². The third kappa shape index (κ3) is 2.82. The molecule has 1 aliphatic carbocycles. The van der Waals surface area contributed by atoms with Crippen molar-refractivity contribution in [2.45, 2.75) is 25.0 Å². The number of pyridine rings is 1. The molecule has 2 N–H and O–H groups in total.